The maximum absolute atomic E-state index is 5.87. The lowest BCUT2D eigenvalue weighted by Crippen LogP contribution is -2.08. The van der Waals surface area contributed by atoms with Crippen molar-refractivity contribution in [2.45, 2.75) is 58.7 Å². The van der Waals surface area contributed by atoms with Crippen LogP contribution < -0.4 is 9.47 Å². The van der Waals surface area contributed by atoms with Crippen molar-refractivity contribution >= 4 is 0 Å². The van der Waals surface area contributed by atoms with Crippen LogP contribution >= 0.6 is 0 Å². The fourth-order valence-corrected chi connectivity index (χ4v) is 1.80. The standard InChI is InChI=1S/C15H22O2/c1-10(2)14-8-7-13(17-12-5-6-12)9-15(14)16-11(3)4/h7-12H,5-6H2,1-4H3. The third-order valence-corrected chi connectivity index (χ3v) is 2.80. The molecule has 1 saturated carbocycles. The van der Waals surface area contributed by atoms with Gasteiger partial charge in [0, 0.05) is 6.07 Å². The van der Waals surface area contributed by atoms with Gasteiger partial charge in [-0.1, -0.05) is 19.9 Å². The maximum atomic E-state index is 5.87. The van der Waals surface area contributed by atoms with Crippen LogP contribution in [0.25, 0.3) is 0 Å². The van der Waals surface area contributed by atoms with Crippen molar-refractivity contribution in [1.82, 2.24) is 0 Å². The fraction of sp³-hybridized carbons (Fsp3) is 0.600. The van der Waals surface area contributed by atoms with Crippen LogP contribution in [-0.4, -0.2) is 12.2 Å². The van der Waals surface area contributed by atoms with E-state index in [4.69, 9.17) is 9.47 Å². The molecule has 0 unspecified atom stereocenters. The summed E-state index contributed by atoms with van der Waals surface area (Å²) >= 11 is 0. The summed E-state index contributed by atoms with van der Waals surface area (Å²) in [5.74, 6) is 2.37. The number of hydrogen-bond donors (Lipinski definition) is 0. The molecule has 94 valence electrons. The van der Waals surface area contributed by atoms with Gasteiger partial charge in [-0.2, -0.15) is 0 Å². The molecule has 0 heterocycles. The molecule has 2 nitrogen and oxygen atoms in total. The Morgan fingerprint density at radius 3 is 2.35 bits per heavy atom. The van der Waals surface area contributed by atoms with E-state index >= 15 is 0 Å². The Bertz CT molecular complexity index is 379. The molecule has 1 aliphatic rings. The summed E-state index contributed by atoms with van der Waals surface area (Å²) in [5.41, 5.74) is 1.25. The average molecular weight is 234 g/mol. The van der Waals surface area contributed by atoms with Crippen LogP contribution in [0.3, 0.4) is 0 Å². The molecule has 0 spiro atoms. The molecule has 1 aromatic rings. The second-order valence-corrected chi connectivity index (χ2v) is 5.34. The van der Waals surface area contributed by atoms with Crippen molar-refractivity contribution in [3.05, 3.63) is 23.8 Å². The molecule has 0 N–H and O–H groups in total. The summed E-state index contributed by atoms with van der Waals surface area (Å²) in [5, 5.41) is 0. The largest absolute Gasteiger partial charge is 0.491 e. The fourth-order valence-electron chi connectivity index (χ4n) is 1.80. The monoisotopic (exact) mass is 234 g/mol. The smallest absolute Gasteiger partial charge is 0.126 e. The van der Waals surface area contributed by atoms with Gasteiger partial charge in [0.25, 0.3) is 0 Å². The normalized spacial score (nSPS) is 15.4. The molecule has 0 aromatic heterocycles. The second-order valence-electron chi connectivity index (χ2n) is 5.34. The summed E-state index contributed by atoms with van der Waals surface area (Å²) in [6.45, 7) is 8.48. The van der Waals surface area contributed by atoms with Gasteiger partial charge in [-0.05, 0) is 44.2 Å². The highest BCUT2D eigenvalue weighted by Crippen LogP contribution is 2.34. The van der Waals surface area contributed by atoms with E-state index < -0.39 is 0 Å². The van der Waals surface area contributed by atoms with Gasteiger partial charge in [0.1, 0.15) is 11.5 Å². The zero-order chi connectivity index (χ0) is 12.4. The van der Waals surface area contributed by atoms with E-state index in [9.17, 15) is 0 Å². The molecule has 0 radical (unpaired) electrons. The molecule has 2 rings (SSSR count). The van der Waals surface area contributed by atoms with Crippen LogP contribution in [0.2, 0.25) is 0 Å². The van der Waals surface area contributed by atoms with Gasteiger partial charge >= 0.3 is 0 Å². The van der Waals surface area contributed by atoms with Gasteiger partial charge in [-0.3, -0.25) is 0 Å². The number of ether oxygens (including phenoxy) is 2. The van der Waals surface area contributed by atoms with Crippen molar-refractivity contribution in [1.29, 1.82) is 0 Å². The summed E-state index contributed by atoms with van der Waals surface area (Å²) in [7, 11) is 0. The van der Waals surface area contributed by atoms with Gasteiger partial charge < -0.3 is 9.47 Å². The SMILES string of the molecule is CC(C)Oc1cc(OC2CC2)ccc1C(C)C. The Hall–Kier alpha value is -1.18. The van der Waals surface area contributed by atoms with Crippen molar-refractivity contribution in [3.8, 4) is 11.5 Å². The minimum Gasteiger partial charge on any atom is -0.491 e. The molecule has 1 aromatic carbocycles. The Morgan fingerprint density at radius 1 is 1.12 bits per heavy atom. The molecule has 0 saturated heterocycles. The Morgan fingerprint density at radius 2 is 1.82 bits per heavy atom. The predicted octanol–water partition coefficient (Wildman–Crippen LogP) is 4.14. The van der Waals surface area contributed by atoms with Crippen LogP contribution in [0.1, 0.15) is 52.0 Å². The molecule has 1 aliphatic carbocycles. The van der Waals surface area contributed by atoms with Crippen LogP contribution in [0.15, 0.2) is 18.2 Å². The van der Waals surface area contributed by atoms with E-state index in [2.05, 4.69) is 39.8 Å². The summed E-state index contributed by atoms with van der Waals surface area (Å²) in [4.78, 5) is 0. The quantitative estimate of drug-likeness (QED) is 0.762. The zero-order valence-electron chi connectivity index (χ0n) is 11.2. The van der Waals surface area contributed by atoms with Crippen LogP contribution in [0, 0.1) is 0 Å². The van der Waals surface area contributed by atoms with E-state index in [1.165, 1.54) is 18.4 Å². The predicted molar refractivity (Wildman–Crippen MR) is 69.9 cm³/mol. The molecular formula is C15H22O2. The minimum absolute atomic E-state index is 0.198. The van der Waals surface area contributed by atoms with E-state index in [0.29, 0.717) is 12.0 Å². The Kier molecular flexibility index (Phi) is 3.60. The van der Waals surface area contributed by atoms with E-state index in [1.807, 2.05) is 6.07 Å². The summed E-state index contributed by atoms with van der Waals surface area (Å²) in [6, 6.07) is 6.22. The molecule has 2 heteroatoms. The lowest BCUT2D eigenvalue weighted by molar-refractivity contribution is 0.236. The molecule has 0 atom stereocenters. The lowest BCUT2D eigenvalue weighted by atomic mass is 10.0. The molecule has 0 bridgehead atoms. The first-order valence-corrected chi connectivity index (χ1v) is 6.53. The highest BCUT2D eigenvalue weighted by molar-refractivity contribution is 5.42. The van der Waals surface area contributed by atoms with E-state index in [0.717, 1.165) is 11.5 Å². The molecule has 0 aliphatic heterocycles. The highest BCUT2D eigenvalue weighted by atomic mass is 16.5. The molecule has 1 fully saturated rings. The molecule has 0 amide bonds. The van der Waals surface area contributed by atoms with Crippen LogP contribution in [-0.2, 0) is 0 Å². The number of hydrogen-bond acceptors (Lipinski definition) is 2. The third kappa shape index (κ3) is 3.39. The third-order valence-electron chi connectivity index (χ3n) is 2.80. The lowest BCUT2D eigenvalue weighted by Gasteiger charge is -2.17. The Balaban J connectivity index is 2.20. The summed E-state index contributed by atoms with van der Waals surface area (Å²) in [6.07, 6.45) is 3.01. The maximum Gasteiger partial charge on any atom is 0.126 e. The zero-order valence-corrected chi connectivity index (χ0v) is 11.2. The first kappa shape index (κ1) is 12.3. The first-order chi connectivity index (χ1) is 8.06. The second kappa shape index (κ2) is 4.99. The van der Waals surface area contributed by atoms with Gasteiger partial charge in [0.15, 0.2) is 0 Å². The average Bonchev–Trinajstić information content (AvgIpc) is 3.00. The van der Waals surface area contributed by atoms with Gasteiger partial charge in [-0.25, -0.2) is 0 Å². The summed E-state index contributed by atoms with van der Waals surface area (Å²) < 4.78 is 11.7. The van der Waals surface area contributed by atoms with Crippen molar-refractivity contribution in [2.75, 3.05) is 0 Å². The van der Waals surface area contributed by atoms with Crippen LogP contribution in [0.5, 0.6) is 11.5 Å². The highest BCUT2D eigenvalue weighted by Gasteiger charge is 2.24. The van der Waals surface area contributed by atoms with Gasteiger partial charge in [0.05, 0.1) is 12.2 Å². The minimum atomic E-state index is 0.198. The number of rotatable bonds is 5. The first-order valence-electron chi connectivity index (χ1n) is 6.53. The number of benzene rings is 1. The van der Waals surface area contributed by atoms with Crippen molar-refractivity contribution in [3.63, 3.8) is 0 Å². The topological polar surface area (TPSA) is 18.5 Å². The van der Waals surface area contributed by atoms with Crippen LogP contribution in [0.4, 0.5) is 0 Å². The van der Waals surface area contributed by atoms with Gasteiger partial charge in [0.2, 0.25) is 0 Å². The van der Waals surface area contributed by atoms with Crippen molar-refractivity contribution < 1.29 is 9.47 Å². The van der Waals surface area contributed by atoms with Crippen molar-refractivity contribution in [2.24, 2.45) is 0 Å². The Labute approximate surface area is 104 Å². The molecular weight excluding hydrogens is 212 g/mol. The van der Waals surface area contributed by atoms with E-state index in [-0.39, 0.29) is 6.10 Å². The van der Waals surface area contributed by atoms with E-state index in [1.54, 1.807) is 0 Å². The molecule has 17 heavy (non-hydrogen) atoms. The van der Waals surface area contributed by atoms with Gasteiger partial charge in [-0.15, -0.1) is 0 Å².